The van der Waals surface area contributed by atoms with Gasteiger partial charge in [-0.2, -0.15) is 0 Å². The smallest absolute Gasteiger partial charge is 0.0462 e. The van der Waals surface area contributed by atoms with Crippen LogP contribution in [0.2, 0.25) is 0 Å². The van der Waals surface area contributed by atoms with E-state index in [0.29, 0.717) is 0 Å². The van der Waals surface area contributed by atoms with Crippen LogP contribution in [0.25, 0.3) is 0 Å². The maximum absolute atomic E-state index is 5.08. The fourth-order valence-corrected chi connectivity index (χ4v) is 2.38. The van der Waals surface area contributed by atoms with Gasteiger partial charge in [0.1, 0.15) is 0 Å². The molecular formula is C14H29NO. The largest absolute Gasteiger partial charge is 0.385 e. The zero-order chi connectivity index (χ0) is 12.0. The van der Waals surface area contributed by atoms with E-state index >= 15 is 0 Å². The summed E-state index contributed by atoms with van der Waals surface area (Å²) in [5.74, 6) is 1.91. The standard InChI is InChI=1S/C14H29NO/c1-14(2,3)15-11-13-9-8-12(13)7-5-6-10-16-4/h12-13,15H,5-11H2,1-4H3. The molecule has 0 radical (unpaired) electrons. The van der Waals surface area contributed by atoms with Crippen LogP contribution in [0.1, 0.15) is 52.9 Å². The van der Waals surface area contributed by atoms with E-state index in [9.17, 15) is 0 Å². The number of nitrogens with one attached hydrogen (secondary N) is 1. The molecule has 2 unspecified atom stereocenters. The Kier molecular flexibility index (Phi) is 5.77. The summed E-state index contributed by atoms with van der Waals surface area (Å²) in [7, 11) is 1.79. The summed E-state index contributed by atoms with van der Waals surface area (Å²) >= 11 is 0. The van der Waals surface area contributed by atoms with Gasteiger partial charge in [0, 0.05) is 19.3 Å². The third-order valence-corrected chi connectivity index (χ3v) is 3.64. The summed E-state index contributed by atoms with van der Waals surface area (Å²) in [4.78, 5) is 0. The second-order valence-electron chi connectivity index (χ2n) is 6.22. The minimum Gasteiger partial charge on any atom is -0.385 e. The number of rotatable bonds is 7. The Labute approximate surface area is 101 Å². The Hall–Kier alpha value is -0.0800. The maximum Gasteiger partial charge on any atom is 0.0462 e. The molecule has 0 amide bonds. The minimum absolute atomic E-state index is 0.274. The van der Waals surface area contributed by atoms with E-state index in [4.69, 9.17) is 4.74 Å². The molecule has 0 aromatic rings. The maximum atomic E-state index is 5.08. The third-order valence-electron chi connectivity index (χ3n) is 3.64. The van der Waals surface area contributed by atoms with Crippen LogP contribution >= 0.6 is 0 Å². The predicted molar refractivity (Wildman–Crippen MR) is 69.7 cm³/mol. The van der Waals surface area contributed by atoms with Crippen molar-refractivity contribution in [2.75, 3.05) is 20.3 Å². The lowest BCUT2D eigenvalue weighted by Gasteiger charge is -2.39. The van der Waals surface area contributed by atoms with Crippen molar-refractivity contribution in [1.29, 1.82) is 0 Å². The second-order valence-corrected chi connectivity index (χ2v) is 6.22. The third kappa shape index (κ3) is 5.31. The topological polar surface area (TPSA) is 21.3 Å². The van der Waals surface area contributed by atoms with Crippen LogP contribution in [-0.4, -0.2) is 25.8 Å². The van der Waals surface area contributed by atoms with Gasteiger partial charge in [0.05, 0.1) is 0 Å². The van der Waals surface area contributed by atoms with Crippen LogP contribution in [0.15, 0.2) is 0 Å². The number of unbranched alkanes of at least 4 members (excludes halogenated alkanes) is 1. The van der Waals surface area contributed by atoms with Crippen LogP contribution in [0.3, 0.4) is 0 Å². The molecule has 1 rings (SSSR count). The van der Waals surface area contributed by atoms with Crippen molar-refractivity contribution in [3.05, 3.63) is 0 Å². The van der Waals surface area contributed by atoms with Gasteiger partial charge in [-0.05, 0) is 58.4 Å². The molecule has 0 heterocycles. The number of ether oxygens (including phenoxy) is 1. The van der Waals surface area contributed by atoms with Crippen molar-refractivity contribution in [2.45, 2.75) is 58.4 Å². The highest BCUT2D eigenvalue weighted by atomic mass is 16.5. The molecule has 0 aromatic carbocycles. The molecule has 1 aliphatic carbocycles. The fraction of sp³-hybridized carbons (Fsp3) is 1.00. The van der Waals surface area contributed by atoms with E-state index < -0.39 is 0 Å². The van der Waals surface area contributed by atoms with Crippen LogP contribution < -0.4 is 5.32 Å². The van der Waals surface area contributed by atoms with Gasteiger partial charge >= 0.3 is 0 Å². The first kappa shape index (κ1) is 14.0. The van der Waals surface area contributed by atoms with Gasteiger partial charge in [0.2, 0.25) is 0 Å². The Morgan fingerprint density at radius 2 is 1.81 bits per heavy atom. The van der Waals surface area contributed by atoms with E-state index in [1.807, 2.05) is 0 Å². The molecular weight excluding hydrogens is 198 g/mol. The van der Waals surface area contributed by atoms with Gasteiger partial charge < -0.3 is 10.1 Å². The lowest BCUT2D eigenvalue weighted by Crippen LogP contribution is -2.43. The highest BCUT2D eigenvalue weighted by Crippen LogP contribution is 2.37. The normalized spacial score (nSPS) is 25.5. The van der Waals surface area contributed by atoms with Gasteiger partial charge in [-0.1, -0.05) is 12.8 Å². The Morgan fingerprint density at radius 1 is 1.12 bits per heavy atom. The second kappa shape index (κ2) is 6.61. The lowest BCUT2D eigenvalue weighted by atomic mass is 9.71. The van der Waals surface area contributed by atoms with Crippen LogP contribution in [-0.2, 0) is 4.74 Å². The minimum atomic E-state index is 0.274. The molecule has 0 aromatic heterocycles. The van der Waals surface area contributed by atoms with Gasteiger partial charge in [-0.25, -0.2) is 0 Å². The fourth-order valence-electron chi connectivity index (χ4n) is 2.38. The van der Waals surface area contributed by atoms with Gasteiger partial charge in [0.15, 0.2) is 0 Å². The van der Waals surface area contributed by atoms with E-state index in [0.717, 1.165) is 18.4 Å². The summed E-state index contributed by atoms with van der Waals surface area (Å²) in [5.41, 5.74) is 0.274. The monoisotopic (exact) mass is 227 g/mol. The van der Waals surface area contributed by atoms with E-state index in [1.165, 1.54) is 38.6 Å². The molecule has 1 fully saturated rings. The predicted octanol–water partition coefficient (Wildman–Crippen LogP) is 3.22. The molecule has 16 heavy (non-hydrogen) atoms. The zero-order valence-corrected chi connectivity index (χ0v) is 11.5. The van der Waals surface area contributed by atoms with Crippen molar-refractivity contribution in [3.63, 3.8) is 0 Å². The average Bonchev–Trinajstić information content (AvgIpc) is 2.14. The van der Waals surface area contributed by atoms with Crippen LogP contribution in [0.4, 0.5) is 0 Å². The van der Waals surface area contributed by atoms with E-state index in [-0.39, 0.29) is 5.54 Å². The summed E-state index contributed by atoms with van der Waals surface area (Å²) in [6, 6.07) is 0. The summed E-state index contributed by atoms with van der Waals surface area (Å²) in [6.45, 7) is 8.88. The SMILES string of the molecule is COCCCCC1CCC1CNC(C)(C)C. The highest BCUT2D eigenvalue weighted by Gasteiger charge is 2.30. The van der Waals surface area contributed by atoms with Crippen molar-refractivity contribution < 1.29 is 4.74 Å². The molecule has 1 aliphatic rings. The zero-order valence-electron chi connectivity index (χ0n) is 11.5. The van der Waals surface area contributed by atoms with Gasteiger partial charge in [-0.3, -0.25) is 0 Å². The Bertz CT molecular complexity index is 186. The van der Waals surface area contributed by atoms with Crippen molar-refractivity contribution >= 4 is 0 Å². The molecule has 0 aliphatic heterocycles. The molecule has 96 valence electrons. The summed E-state index contributed by atoms with van der Waals surface area (Å²) in [5, 5.41) is 3.63. The molecule has 2 nitrogen and oxygen atoms in total. The molecule has 0 saturated heterocycles. The number of hydrogen-bond donors (Lipinski definition) is 1. The van der Waals surface area contributed by atoms with Crippen molar-refractivity contribution in [1.82, 2.24) is 5.32 Å². The van der Waals surface area contributed by atoms with Gasteiger partial charge in [-0.15, -0.1) is 0 Å². The van der Waals surface area contributed by atoms with Crippen LogP contribution in [0.5, 0.6) is 0 Å². The van der Waals surface area contributed by atoms with Crippen molar-refractivity contribution in [2.24, 2.45) is 11.8 Å². The molecule has 1 saturated carbocycles. The molecule has 1 N–H and O–H groups in total. The van der Waals surface area contributed by atoms with Crippen molar-refractivity contribution in [3.8, 4) is 0 Å². The number of methoxy groups -OCH3 is 1. The summed E-state index contributed by atoms with van der Waals surface area (Å²) < 4.78 is 5.08. The highest BCUT2D eigenvalue weighted by molar-refractivity contribution is 4.84. The van der Waals surface area contributed by atoms with E-state index in [2.05, 4.69) is 26.1 Å². The van der Waals surface area contributed by atoms with Crippen LogP contribution in [0, 0.1) is 11.8 Å². The lowest BCUT2D eigenvalue weighted by molar-refractivity contribution is 0.138. The van der Waals surface area contributed by atoms with E-state index in [1.54, 1.807) is 7.11 Å². The first-order valence-corrected chi connectivity index (χ1v) is 6.77. The molecule has 0 spiro atoms. The summed E-state index contributed by atoms with van der Waals surface area (Å²) in [6.07, 6.45) is 6.85. The first-order valence-electron chi connectivity index (χ1n) is 6.77. The van der Waals surface area contributed by atoms with Gasteiger partial charge in [0.25, 0.3) is 0 Å². The molecule has 0 bridgehead atoms. The average molecular weight is 227 g/mol. The molecule has 2 heteroatoms. The molecule has 2 atom stereocenters. The Morgan fingerprint density at radius 3 is 2.31 bits per heavy atom. The quantitative estimate of drug-likeness (QED) is 0.674. The number of hydrogen-bond acceptors (Lipinski definition) is 2. The Balaban J connectivity index is 2.06. The first-order chi connectivity index (χ1) is 7.53.